The van der Waals surface area contributed by atoms with Crippen molar-refractivity contribution in [2.75, 3.05) is 17.6 Å². The van der Waals surface area contributed by atoms with E-state index in [1.54, 1.807) is 0 Å². The number of thioether (sulfide) groups is 1. The van der Waals surface area contributed by atoms with E-state index in [-0.39, 0.29) is 16.9 Å². The summed E-state index contributed by atoms with van der Waals surface area (Å²) in [7, 11) is 0. The first-order valence-electron chi connectivity index (χ1n) is 8.26. The molecule has 0 aliphatic heterocycles. The summed E-state index contributed by atoms with van der Waals surface area (Å²) >= 11 is 0.899. The van der Waals surface area contributed by atoms with E-state index in [4.69, 9.17) is 4.42 Å². The van der Waals surface area contributed by atoms with Crippen LogP contribution in [0.1, 0.15) is 0 Å². The third-order valence-electron chi connectivity index (χ3n) is 3.58. The maximum Gasteiger partial charge on any atom is 0.277 e. The van der Waals surface area contributed by atoms with Crippen molar-refractivity contribution >= 4 is 29.3 Å². The third-order valence-corrected chi connectivity index (χ3v) is 4.40. The summed E-state index contributed by atoms with van der Waals surface area (Å²) in [6, 6.07) is 6.90. The first-order valence-corrected chi connectivity index (χ1v) is 9.24. The predicted octanol–water partition coefficient (Wildman–Crippen LogP) is 3.14. The number of anilines is 1. The summed E-state index contributed by atoms with van der Waals surface area (Å²) in [5, 5.41) is 11.9. The average Bonchev–Trinajstić information content (AvgIpc) is 3.21. The lowest BCUT2D eigenvalue weighted by molar-refractivity contribution is -0.122. The molecular formula is C18H12F4N4O3S. The molecule has 156 valence electrons. The van der Waals surface area contributed by atoms with Crippen LogP contribution in [0.2, 0.25) is 0 Å². The molecule has 0 aliphatic carbocycles. The van der Waals surface area contributed by atoms with Crippen LogP contribution in [-0.4, -0.2) is 34.3 Å². The topological polar surface area (TPSA) is 97.1 Å². The van der Waals surface area contributed by atoms with Gasteiger partial charge in [-0.25, -0.2) is 17.6 Å². The highest BCUT2D eigenvalue weighted by molar-refractivity contribution is 7.99. The van der Waals surface area contributed by atoms with Crippen LogP contribution < -0.4 is 10.6 Å². The molecule has 2 amide bonds. The minimum absolute atomic E-state index is 0.0813. The Morgan fingerprint density at radius 3 is 2.40 bits per heavy atom. The molecule has 30 heavy (non-hydrogen) atoms. The molecule has 0 aliphatic rings. The van der Waals surface area contributed by atoms with E-state index in [1.165, 1.54) is 24.3 Å². The summed E-state index contributed by atoms with van der Waals surface area (Å²) in [4.78, 5) is 23.6. The third kappa shape index (κ3) is 5.35. The van der Waals surface area contributed by atoms with Crippen molar-refractivity contribution in [3.05, 3.63) is 59.7 Å². The fraction of sp³-hybridized carbons (Fsp3) is 0.111. The number of carbonyl (C=O) groups excluding carboxylic acids is 2. The first kappa shape index (κ1) is 21.3. The maximum absolute atomic E-state index is 13.5. The van der Waals surface area contributed by atoms with Gasteiger partial charge >= 0.3 is 0 Å². The van der Waals surface area contributed by atoms with Crippen LogP contribution >= 0.6 is 11.8 Å². The van der Waals surface area contributed by atoms with E-state index in [1.807, 2.05) is 5.32 Å². The van der Waals surface area contributed by atoms with E-state index in [9.17, 15) is 27.2 Å². The summed E-state index contributed by atoms with van der Waals surface area (Å²) in [6.07, 6.45) is 0. The van der Waals surface area contributed by atoms with Crippen LogP contribution in [0.4, 0.5) is 23.2 Å². The predicted molar refractivity (Wildman–Crippen MR) is 98.4 cm³/mol. The number of aromatic nitrogens is 2. The van der Waals surface area contributed by atoms with Crippen molar-refractivity contribution in [2.45, 2.75) is 5.22 Å². The largest absolute Gasteiger partial charge is 0.411 e. The van der Waals surface area contributed by atoms with Gasteiger partial charge in [-0.1, -0.05) is 11.8 Å². The fourth-order valence-electron chi connectivity index (χ4n) is 2.15. The molecule has 0 saturated heterocycles. The van der Waals surface area contributed by atoms with Crippen LogP contribution in [0, 0.1) is 23.3 Å². The number of amides is 2. The van der Waals surface area contributed by atoms with Crippen molar-refractivity contribution in [3.8, 4) is 11.5 Å². The molecule has 2 aromatic carbocycles. The van der Waals surface area contributed by atoms with Gasteiger partial charge in [-0.3, -0.25) is 9.59 Å². The Bertz CT molecular complexity index is 1080. The number of halogens is 4. The van der Waals surface area contributed by atoms with Crippen molar-refractivity contribution in [2.24, 2.45) is 0 Å². The van der Waals surface area contributed by atoms with E-state index in [0.717, 1.165) is 17.8 Å². The van der Waals surface area contributed by atoms with Gasteiger partial charge in [0.1, 0.15) is 5.82 Å². The Morgan fingerprint density at radius 2 is 1.67 bits per heavy atom. The Hall–Kier alpha value is -3.41. The van der Waals surface area contributed by atoms with Gasteiger partial charge < -0.3 is 15.1 Å². The minimum atomic E-state index is -1.72. The molecule has 0 atom stereocenters. The van der Waals surface area contributed by atoms with Gasteiger partial charge in [0.05, 0.1) is 18.0 Å². The summed E-state index contributed by atoms with van der Waals surface area (Å²) < 4.78 is 57.8. The zero-order valence-corrected chi connectivity index (χ0v) is 15.7. The Balaban J connectivity index is 1.45. The molecule has 0 fully saturated rings. The lowest BCUT2D eigenvalue weighted by Crippen LogP contribution is -2.34. The monoisotopic (exact) mass is 440 g/mol. The molecule has 3 rings (SSSR count). The highest BCUT2D eigenvalue weighted by atomic mass is 32.2. The quantitative estimate of drug-likeness (QED) is 0.333. The van der Waals surface area contributed by atoms with Gasteiger partial charge in [-0.15, -0.1) is 10.2 Å². The van der Waals surface area contributed by atoms with Gasteiger partial charge in [-0.2, -0.15) is 0 Å². The van der Waals surface area contributed by atoms with Crippen LogP contribution in [0.15, 0.2) is 46.0 Å². The van der Waals surface area contributed by atoms with Gasteiger partial charge in [0.15, 0.2) is 17.5 Å². The standard InChI is InChI=1S/C18H12F4N4O3S/c19-10-3-1-9(2-4-10)17-25-26-18(29-17)30-8-14(28)23-7-13(27)24-12-6-5-11(20)15(21)16(12)22/h1-6H,7-8H2,(H,23,28)(H,24,27). The summed E-state index contributed by atoms with van der Waals surface area (Å²) in [5.74, 6) is -6.49. The second kappa shape index (κ2) is 9.39. The van der Waals surface area contributed by atoms with Gasteiger partial charge in [0.25, 0.3) is 5.22 Å². The number of nitrogens with zero attached hydrogens (tertiary/aromatic N) is 2. The second-order valence-electron chi connectivity index (χ2n) is 5.72. The highest BCUT2D eigenvalue weighted by Crippen LogP contribution is 2.23. The number of nitrogens with one attached hydrogen (secondary N) is 2. The number of rotatable bonds is 7. The smallest absolute Gasteiger partial charge is 0.277 e. The second-order valence-corrected chi connectivity index (χ2v) is 6.64. The lowest BCUT2D eigenvalue weighted by Gasteiger charge is -2.08. The molecule has 0 unspecified atom stereocenters. The minimum Gasteiger partial charge on any atom is -0.411 e. The molecule has 1 heterocycles. The fourth-order valence-corrected chi connectivity index (χ4v) is 2.74. The first-order chi connectivity index (χ1) is 14.3. The van der Waals surface area contributed by atoms with E-state index in [0.29, 0.717) is 11.6 Å². The molecule has 0 saturated carbocycles. The zero-order valence-electron chi connectivity index (χ0n) is 14.9. The molecule has 7 nitrogen and oxygen atoms in total. The van der Waals surface area contributed by atoms with Crippen molar-refractivity contribution < 1.29 is 31.6 Å². The Kier molecular flexibility index (Phi) is 6.67. The van der Waals surface area contributed by atoms with Crippen molar-refractivity contribution in [1.82, 2.24) is 15.5 Å². The molecule has 0 bridgehead atoms. The van der Waals surface area contributed by atoms with Crippen LogP contribution in [0.25, 0.3) is 11.5 Å². The van der Waals surface area contributed by atoms with Gasteiger partial charge in [-0.05, 0) is 36.4 Å². The van der Waals surface area contributed by atoms with Crippen molar-refractivity contribution in [3.63, 3.8) is 0 Å². The number of carbonyl (C=O) groups is 2. The lowest BCUT2D eigenvalue weighted by atomic mass is 10.2. The zero-order chi connectivity index (χ0) is 21.7. The SMILES string of the molecule is O=C(CSc1nnc(-c2ccc(F)cc2)o1)NCC(=O)Nc1ccc(F)c(F)c1F. The number of benzene rings is 2. The van der Waals surface area contributed by atoms with Crippen LogP contribution in [0.5, 0.6) is 0 Å². The van der Waals surface area contributed by atoms with Gasteiger partial charge in [0.2, 0.25) is 17.7 Å². The van der Waals surface area contributed by atoms with Crippen LogP contribution in [-0.2, 0) is 9.59 Å². The molecule has 2 N–H and O–H groups in total. The van der Waals surface area contributed by atoms with Crippen molar-refractivity contribution in [1.29, 1.82) is 0 Å². The Morgan fingerprint density at radius 1 is 0.933 bits per heavy atom. The average molecular weight is 440 g/mol. The highest BCUT2D eigenvalue weighted by Gasteiger charge is 2.16. The number of hydrogen-bond acceptors (Lipinski definition) is 6. The van der Waals surface area contributed by atoms with E-state index < -0.39 is 47.3 Å². The molecule has 0 spiro atoms. The molecule has 0 radical (unpaired) electrons. The van der Waals surface area contributed by atoms with E-state index >= 15 is 0 Å². The molecule has 12 heteroatoms. The number of hydrogen-bond donors (Lipinski definition) is 2. The van der Waals surface area contributed by atoms with E-state index in [2.05, 4.69) is 15.5 Å². The maximum atomic E-state index is 13.5. The normalized spacial score (nSPS) is 10.7. The summed E-state index contributed by atoms with van der Waals surface area (Å²) in [5.41, 5.74) is -0.0527. The summed E-state index contributed by atoms with van der Waals surface area (Å²) in [6.45, 7) is -0.525. The Labute approximate surface area is 170 Å². The molecule has 3 aromatic rings. The van der Waals surface area contributed by atoms with Crippen LogP contribution in [0.3, 0.4) is 0 Å². The molecule has 1 aromatic heterocycles. The van der Waals surface area contributed by atoms with Gasteiger partial charge in [0, 0.05) is 5.56 Å². The molecular weight excluding hydrogens is 428 g/mol.